The number of nitrogens with zero attached hydrogens (tertiary/aromatic N) is 1. The maximum Gasteiger partial charge on any atom is 0.341 e. The van der Waals surface area contributed by atoms with E-state index in [1.165, 1.54) is 37.9 Å². The number of hydrogen-bond donors (Lipinski definition) is 1. The molecule has 0 amide bonds. The SMILES string of the molecule is CCCCCCCCn1cc(C(=O)O)c(=O)cc1-c1ccccc1. The quantitative estimate of drug-likeness (QED) is 0.686. The summed E-state index contributed by atoms with van der Waals surface area (Å²) in [4.78, 5) is 23.3. The Morgan fingerprint density at radius 2 is 1.71 bits per heavy atom. The molecule has 0 spiro atoms. The van der Waals surface area contributed by atoms with Gasteiger partial charge in [-0.1, -0.05) is 69.4 Å². The molecule has 1 aromatic heterocycles. The second-order valence-electron chi connectivity index (χ2n) is 6.07. The topological polar surface area (TPSA) is 59.3 Å². The summed E-state index contributed by atoms with van der Waals surface area (Å²) < 4.78 is 1.90. The minimum absolute atomic E-state index is 0.166. The molecular formula is C20H25NO3. The van der Waals surface area contributed by atoms with Crippen LogP contribution < -0.4 is 5.43 Å². The van der Waals surface area contributed by atoms with Gasteiger partial charge in [-0.25, -0.2) is 4.79 Å². The first-order valence-corrected chi connectivity index (χ1v) is 8.66. The lowest BCUT2D eigenvalue weighted by Gasteiger charge is -2.14. The van der Waals surface area contributed by atoms with E-state index in [-0.39, 0.29) is 5.56 Å². The molecular weight excluding hydrogens is 302 g/mol. The third kappa shape index (κ3) is 4.82. The van der Waals surface area contributed by atoms with Crippen molar-refractivity contribution in [1.82, 2.24) is 4.57 Å². The first kappa shape index (κ1) is 18.0. The summed E-state index contributed by atoms with van der Waals surface area (Å²) in [6.07, 6.45) is 8.50. The monoisotopic (exact) mass is 327 g/mol. The highest BCUT2D eigenvalue weighted by atomic mass is 16.4. The Hall–Kier alpha value is -2.36. The van der Waals surface area contributed by atoms with Crippen LogP contribution in [0.15, 0.2) is 47.4 Å². The zero-order valence-electron chi connectivity index (χ0n) is 14.2. The highest BCUT2D eigenvalue weighted by molar-refractivity contribution is 5.87. The number of unbranched alkanes of at least 4 members (excludes halogenated alkanes) is 5. The number of carboxylic acid groups (broad SMARTS) is 1. The Morgan fingerprint density at radius 1 is 1.04 bits per heavy atom. The molecule has 0 fully saturated rings. The minimum Gasteiger partial charge on any atom is -0.477 e. The van der Waals surface area contributed by atoms with E-state index in [1.54, 1.807) is 0 Å². The van der Waals surface area contributed by atoms with Crippen LogP contribution in [0.2, 0.25) is 0 Å². The molecule has 1 heterocycles. The fourth-order valence-electron chi connectivity index (χ4n) is 2.84. The molecule has 0 saturated carbocycles. The molecule has 24 heavy (non-hydrogen) atoms. The van der Waals surface area contributed by atoms with Gasteiger partial charge in [0.05, 0.1) is 5.69 Å². The van der Waals surface area contributed by atoms with Gasteiger partial charge in [0, 0.05) is 18.8 Å². The molecule has 1 N–H and O–H groups in total. The third-order valence-electron chi connectivity index (χ3n) is 4.18. The molecule has 4 nitrogen and oxygen atoms in total. The van der Waals surface area contributed by atoms with E-state index in [0.29, 0.717) is 0 Å². The van der Waals surface area contributed by atoms with Gasteiger partial charge in [-0.05, 0) is 12.0 Å². The van der Waals surface area contributed by atoms with Gasteiger partial charge in [0.15, 0.2) is 5.43 Å². The zero-order chi connectivity index (χ0) is 17.4. The first-order valence-electron chi connectivity index (χ1n) is 8.66. The van der Waals surface area contributed by atoms with E-state index < -0.39 is 11.4 Å². The van der Waals surface area contributed by atoms with Crippen LogP contribution in [0.25, 0.3) is 11.3 Å². The van der Waals surface area contributed by atoms with Gasteiger partial charge in [-0.15, -0.1) is 0 Å². The second kappa shape index (κ2) is 9.06. The van der Waals surface area contributed by atoms with Gasteiger partial charge in [-0.2, -0.15) is 0 Å². The average molecular weight is 327 g/mol. The lowest BCUT2D eigenvalue weighted by Crippen LogP contribution is -2.18. The van der Waals surface area contributed by atoms with E-state index in [2.05, 4.69) is 6.92 Å². The van der Waals surface area contributed by atoms with Crippen molar-refractivity contribution in [1.29, 1.82) is 0 Å². The van der Waals surface area contributed by atoms with Crippen LogP contribution in [-0.4, -0.2) is 15.6 Å². The lowest BCUT2D eigenvalue weighted by molar-refractivity contribution is 0.0694. The number of rotatable bonds is 9. The van der Waals surface area contributed by atoms with Crippen molar-refractivity contribution >= 4 is 5.97 Å². The summed E-state index contributed by atoms with van der Waals surface area (Å²) >= 11 is 0. The van der Waals surface area contributed by atoms with Crippen LogP contribution in [0.5, 0.6) is 0 Å². The highest BCUT2D eigenvalue weighted by Crippen LogP contribution is 2.19. The van der Waals surface area contributed by atoms with Crippen LogP contribution in [-0.2, 0) is 6.54 Å². The summed E-state index contributed by atoms with van der Waals surface area (Å²) in [6.45, 7) is 2.91. The number of carbonyl (C=O) groups is 1. The van der Waals surface area contributed by atoms with Crippen molar-refractivity contribution in [3.05, 3.63) is 58.4 Å². The fraction of sp³-hybridized carbons (Fsp3) is 0.400. The molecule has 4 heteroatoms. The molecule has 0 aliphatic carbocycles. The highest BCUT2D eigenvalue weighted by Gasteiger charge is 2.13. The van der Waals surface area contributed by atoms with Gasteiger partial charge in [0.2, 0.25) is 0 Å². The number of hydrogen-bond acceptors (Lipinski definition) is 2. The maximum atomic E-state index is 12.1. The summed E-state index contributed by atoms with van der Waals surface area (Å²) in [5.41, 5.74) is 1.10. The van der Waals surface area contributed by atoms with Crippen molar-refractivity contribution in [2.75, 3.05) is 0 Å². The number of carboxylic acids is 1. The molecule has 128 valence electrons. The van der Waals surface area contributed by atoms with Crippen molar-refractivity contribution < 1.29 is 9.90 Å². The van der Waals surface area contributed by atoms with E-state index in [1.807, 2.05) is 34.9 Å². The fourth-order valence-corrected chi connectivity index (χ4v) is 2.84. The van der Waals surface area contributed by atoms with E-state index in [9.17, 15) is 14.7 Å². The average Bonchev–Trinajstić information content (AvgIpc) is 2.59. The Kier molecular flexibility index (Phi) is 6.79. The first-order chi connectivity index (χ1) is 11.6. The normalized spacial score (nSPS) is 10.7. The molecule has 0 atom stereocenters. The summed E-state index contributed by atoms with van der Waals surface area (Å²) in [7, 11) is 0. The van der Waals surface area contributed by atoms with Crippen LogP contribution >= 0.6 is 0 Å². The summed E-state index contributed by atoms with van der Waals surface area (Å²) in [6, 6.07) is 11.1. The standard InChI is InChI=1S/C20H25NO3/c1-2-3-4-5-6-10-13-21-15-17(20(23)24)19(22)14-18(21)16-11-8-7-9-12-16/h7-9,11-12,14-15H,2-6,10,13H2,1H3,(H,23,24). The van der Waals surface area contributed by atoms with Crippen molar-refractivity contribution in [2.24, 2.45) is 0 Å². The summed E-state index contributed by atoms with van der Waals surface area (Å²) in [5.74, 6) is -1.17. The Labute approximate surface area is 142 Å². The van der Waals surface area contributed by atoms with Gasteiger partial charge in [0.25, 0.3) is 0 Å². The molecule has 0 unspecified atom stereocenters. The molecule has 0 radical (unpaired) electrons. The van der Waals surface area contributed by atoms with Crippen LogP contribution in [0.4, 0.5) is 0 Å². The van der Waals surface area contributed by atoms with Gasteiger partial charge in [0.1, 0.15) is 5.56 Å². The van der Waals surface area contributed by atoms with Gasteiger partial charge >= 0.3 is 5.97 Å². The van der Waals surface area contributed by atoms with Crippen molar-refractivity contribution in [3.8, 4) is 11.3 Å². The number of aromatic nitrogens is 1. The minimum atomic E-state index is -1.17. The molecule has 2 rings (SSSR count). The molecule has 0 aliphatic heterocycles. The van der Waals surface area contributed by atoms with Crippen LogP contribution in [0, 0.1) is 0 Å². The number of benzene rings is 1. The number of pyridine rings is 1. The Balaban J connectivity index is 2.21. The molecule has 0 bridgehead atoms. The van der Waals surface area contributed by atoms with Crippen molar-refractivity contribution in [2.45, 2.75) is 52.0 Å². The van der Waals surface area contributed by atoms with E-state index in [4.69, 9.17) is 0 Å². The van der Waals surface area contributed by atoms with Gasteiger partial charge in [-0.3, -0.25) is 4.79 Å². The van der Waals surface area contributed by atoms with Crippen molar-refractivity contribution in [3.63, 3.8) is 0 Å². The van der Waals surface area contributed by atoms with E-state index in [0.717, 1.165) is 30.6 Å². The largest absolute Gasteiger partial charge is 0.477 e. The number of aromatic carboxylic acids is 1. The van der Waals surface area contributed by atoms with E-state index >= 15 is 0 Å². The van der Waals surface area contributed by atoms with Crippen LogP contribution in [0.1, 0.15) is 55.8 Å². The molecule has 1 aromatic carbocycles. The Bertz CT molecular complexity index is 719. The molecule has 0 saturated heterocycles. The number of aryl methyl sites for hydroxylation is 1. The summed E-state index contributed by atoms with van der Waals surface area (Å²) in [5, 5.41) is 9.21. The third-order valence-corrected chi connectivity index (χ3v) is 4.18. The predicted molar refractivity (Wildman–Crippen MR) is 96.5 cm³/mol. The Morgan fingerprint density at radius 3 is 2.38 bits per heavy atom. The van der Waals surface area contributed by atoms with Crippen LogP contribution in [0.3, 0.4) is 0 Å². The lowest BCUT2D eigenvalue weighted by atomic mass is 10.1. The second-order valence-corrected chi connectivity index (χ2v) is 6.07. The maximum absolute atomic E-state index is 12.1. The zero-order valence-corrected chi connectivity index (χ0v) is 14.2. The smallest absolute Gasteiger partial charge is 0.341 e. The van der Waals surface area contributed by atoms with Gasteiger partial charge < -0.3 is 9.67 Å². The molecule has 2 aromatic rings. The molecule has 0 aliphatic rings. The predicted octanol–water partition coefficient (Wildman–Crippen LogP) is 4.57.